The van der Waals surface area contributed by atoms with Gasteiger partial charge in [-0.2, -0.15) is 0 Å². The molecule has 1 fully saturated rings. The van der Waals surface area contributed by atoms with Gasteiger partial charge < -0.3 is 15.0 Å². The van der Waals surface area contributed by atoms with E-state index in [0.717, 1.165) is 22.7 Å². The Kier molecular flexibility index (Phi) is 6.16. The summed E-state index contributed by atoms with van der Waals surface area (Å²) in [7, 11) is 0. The van der Waals surface area contributed by atoms with E-state index in [1.165, 1.54) is 11.3 Å². The quantitative estimate of drug-likeness (QED) is 0.822. The van der Waals surface area contributed by atoms with E-state index in [0.29, 0.717) is 30.4 Å². The molecule has 0 unspecified atom stereocenters. The van der Waals surface area contributed by atoms with Crippen LogP contribution < -0.4 is 5.32 Å². The highest BCUT2D eigenvalue weighted by atomic mass is 32.1. The van der Waals surface area contributed by atoms with Crippen LogP contribution in [0.3, 0.4) is 0 Å². The summed E-state index contributed by atoms with van der Waals surface area (Å²) in [5.74, 6) is 0.415. The third kappa shape index (κ3) is 5.52. The predicted octanol–water partition coefficient (Wildman–Crippen LogP) is 4.25. The Bertz CT molecular complexity index is 772. The molecule has 27 heavy (non-hydrogen) atoms. The third-order valence-corrected chi connectivity index (χ3v) is 6.31. The molecule has 0 aromatic carbocycles. The van der Waals surface area contributed by atoms with Crippen LogP contribution >= 0.6 is 22.7 Å². The van der Waals surface area contributed by atoms with Crippen molar-refractivity contribution in [2.45, 2.75) is 39.2 Å². The summed E-state index contributed by atoms with van der Waals surface area (Å²) in [6.45, 7) is 7.53. The first-order valence-electron chi connectivity index (χ1n) is 9.07. The van der Waals surface area contributed by atoms with Crippen LogP contribution in [0.1, 0.15) is 43.3 Å². The SMILES string of the molecule is CC(C)(C)OC(=O)NCC1CCN(C(=O)c2cnc(-c3cccs3)s2)CC1. The second-order valence-electron chi connectivity index (χ2n) is 7.63. The number of carbonyl (C=O) groups is 2. The summed E-state index contributed by atoms with van der Waals surface area (Å²) in [5.41, 5.74) is -0.490. The van der Waals surface area contributed by atoms with E-state index in [9.17, 15) is 9.59 Å². The first-order chi connectivity index (χ1) is 12.8. The first kappa shape index (κ1) is 19.8. The number of likely N-dealkylation sites (tertiary alicyclic amines) is 1. The molecule has 6 nitrogen and oxygen atoms in total. The zero-order chi connectivity index (χ0) is 19.4. The molecule has 2 aromatic rings. The standard InChI is InChI=1S/C19H25N3O3S2/c1-19(2,3)25-18(24)21-11-13-6-8-22(9-7-13)17(23)15-12-20-16(27-15)14-5-4-10-26-14/h4-5,10,12-13H,6-9,11H2,1-3H3,(H,21,24). The van der Waals surface area contributed by atoms with E-state index in [4.69, 9.17) is 4.74 Å². The number of alkyl carbamates (subject to hydrolysis) is 1. The smallest absolute Gasteiger partial charge is 0.407 e. The number of carbonyl (C=O) groups excluding carboxylic acids is 2. The molecular formula is C19H25N3O3S2. The zero-order valence-electron chi connectivity index (χ0n) is 15.9. The fraction of sp³-hybridized carbons (Fsp3) is 0.526. The van der Waals surface area contributed by atoms with Crippen LogP contribution in [0.2, 0.25) is 0 Å². The van der Waals surface area contributed by atoms with Gasteiger partial charge in [0, 0.05) is 19.6 Å². The van der Waals surface area contributed by atoms with Gasteiger partial charge in [0.2, 0.25) is 0 Å². The molecule has 0 bridgehead atoms. The van der Waals surface area contributed by atoms with Crippen molar-refractivity contribution in [2.75, 3.05) is 19.6 Å². The number of aromatic nitrogens is 1. The maximum atomic E-state index is 12.7. The lowest BCUT2D eigenvalue weighted by Gasteiger charge is -2.32. The lowest BCUT2D eigenvalue weighted by atomic mass is 9.97. The van der Waals surface area contributed by atoms with Crippen molar-refractivity contribution in [3.05, 3.63) is 28.6 Å². The number of rotatable bonds is 4. The average molecular weight is 408 g/mol. The molecule has 1 N–H and O–H groups in total. The van der Waals surface area contributed by atoms with Crippen molar-refractivity contribution in [3.8, 4) is 9.88 Å². The summed E-state index contributed by atoms with van der Waals surface area (Å²) >= 11 is 3.07. The molecule has 0 radical (unpaired) electrons. The lowest BCUT2D eigenvalue weighted by molar-refractivity contribution is 0.0500. The van der Waals surface area contributed by atoms with E-state index >= 15 is 0 Å². The van der Waals surface area contributed by atoms with Gasteiger partial charge in [-0.3, -0.25) is 4.79 Å². The van der Waals surface area contributed by atoms with Gasteiger partial charge in [-0.15, -0.1) is 22.7 Å². The number of nitrogens with one attached hydrogen (secondary N) is 1. The Labute approximate surface area is 167 Å². The molecule has 1 saturated heterocycles. The zero-order valence-corrected chi connectivity index (χ0v) is 17.5. The maximum absolute atomic E-state index is 12.7. The molecule has 0 spiro atoms. The van der Waals surface area contributed by atoms with Crippen molar-refractivity contribution in [3.63, 3.8) is 0 Å². The highest BCUT2D eigenvalue weighted by Crippen LogP contribution is 2.30. The Hall–Kier alpha value is -1.93. The molecule has 146 valence electrons. The normalized spacial score (nSPS) is 15.6. The van der Waals surface area contributed by atoms with E-state index in [1.807, 2.05) is 43.2 Å². The van der Waals surface area contributed by atoms with E-state index in [1.54, 1.807) is 17.5 Å². The summed E-state index contributed by atoms with van der Waals surface area (Å²) in [6, 6.07) is 4.00. The van der Waals surface area contributed by atoms with Crippen molar-refractivity contribution in [1.29, 1.82) is 0 Å². The largest absolute Gasteiger partial charge is 0.444 e. The van der Waals surface area contributed by atoms with Gasteiger partial charge in [0.05, 0.1) is 11.1 Å². The van der Waals surface area contributed by atoms with E-state index in [-0.39, 0.29) is 12.0 Å². The average Bonchev–Trinajstić information content (AvgIpc) is 3.29. The van der Waals surface area contributed by atoms with Crippen molar-refractivity contribution in [1.82, 2.24) is 15.2 Å². The minimum atomic E-state index is -0.490. The molecule has 1 aliphatic rings. The van der Waals surface area contributed by atoms with Crippen LogP contribution in [0.5, 0.6) is 0 Å². The monoisotopic (exact) mass is 407 g/mol. The number of hydrogen-bond donors (Lipinski definition) is 1. The van der Waals surface area contributed by atoms with Crippen molar-refractivity contribution in [2.24, 2.45) is 5.92 Å². The van der Waals surface area contributed by atoms with Crippen LogP contribution in [0.4, 0.5) is 4.79 Å². The van der Waals surface area contributed by atoms with E-state index < -0.39 is 5.60 Å². The van der Waals surface area contributed by atoms with Gasteiger partial charge in [-0.05, 0) is 51.0 Å². The molecule has 1 aliphatic heterocycles. The Morgan fingerprint density at radius 3 is 2.70 bits per heavy atom. The van der Waals surface area contributed by atoms with Crippen molar-refractivity contribution >= 4 is 34.7 Å². The highest BCUT2D eigenvalue weighted by molar-refractivity contribution is 7.21. The van der Waals surface area contributed by atoms with Crippen LogP contribution in [-0.4, -0.2) is 47.1 Å². The van der Waals surface area contributed by atoms with Crippen molar-refractivity contribution < 1.29 is 14.3 Å². The molecule has 3 heterocycles. The van der Waals surface area contributed by atoms with Crippen LogP contribution in [0.25, 0.3) is 9.88 Å². The molecule has 0 aliphatic carbocycles. The van der Waals surface area contributed by atoms with Gasteiger partial charge in [-0.25, -0.2) is 9.78 Å². The molecule has 3 rings (SSSR count). The van der Waals surface area contributed by atoms with E-state index in [2.05, 4.69) is 10.3 Å². The van der Waals surface area contributed by atoms with Crippen LogP contribution in [0, 0.1) is 5.92 Å². The number of nitrogens with zero attached hydrogens (tertiary/aromatic N) is 2. The number of ether oxygens (including phenoxy) is 1. The van der Waals surface area contributed by atoms with Crippen LogP contribution in [-0.2, 0) is 4.74 Å². The molecule has 2 aromatic heterocycles. The second kappa shape index (κ2) is 8.39. The molecule has 2 amide bonds. The fourth-order valence-electron chi connectivity index (χ4n) is 2.93. The highest BCUT2D eigenvalue weighted by Gasteiger charge is 2.26. The lowest BCUT2D eigenvalue weighted by Crippen LogP contribution is -2.42. The predicted molar refractivity (Wildman–Crippen MR) is 108 cm³/mol. The minimum absolute atomic E-state index is 0.0499. The van der Waals surface area contributed by atoms with Gasteiger partial charge in [0.15, 0.2) is 0 Å². The third-order valence-electron chi connectivity index (χ3n) is 4.28. The van der Waals surface area contributed by atoms with Gasteiger partial charge in [-0.1, -0.05) is 6.07 Å². The topological polar surface area (TPSA) is 71.5 Å². The Morgan fingerprint density at radius 2 is 2.07 bits per heavy atom. The molecule has 0 atom stereocenters. The fourth-order valence-corrected chi connectivity index (χ4v) is 4.61. The molecular weight excluding hydrogens is 382 g/mol. The number of thiazole rings is 1. The molecule has 8 heteroatoms. The summed E-state index contributed by atoms with van der Waals surface area (Å²) < 4.78 is 5.26. The number of hydrogen-bond acceptors (Lipinski definition) is 6. The number of amides is 2. The van der Waals surface area contributed by atoms with Crippen LogP contribution in [0.15, 0.2) is 23.7 Å². The number of thiophene rings is 1. The Balaban J connectivity index is 1.46. The minimum Gasteiger partial charge on any atom is -0.444 e. The van der Waals surface area contributed by atoms with Gasteiger partial charge >= 0.3 is 6.09 Å². The number of piperidine rings is 1. The Morgan fingerprint density at radius 1 is 1.33 bits per heavy atom. The summed E-state index contributed by atoms with van der Waals surface area (Å²) in [6.07, 6.45) is 3.04. The maximum Gasteiger partial charge on any atom is 0.407 e. The molecule has 0 saturated carbocycles. The summed E-state index contributed by atoms with van der Waals surface area (Å²) in [4.78, 5) is 32.5. The van der Waals surface area contributed by atoms with Gasteiger partial charge in [0.25, 0.3) is 5.91 Å². The first-order valence-corrected chi connectivity index (χ1v) is 10.8. The summed E-state index contributed by atoms with van der Waals surface area (Å²) in [5, 5.41) is 5.73. The van der Waals surface area contributed by atoms with Gasteiger partial charge in [0.1, 0.15) is 15.5 Å². The second-order valence-corrected chi connectivity index (χ2v) is 9.60.